The molecule has 1 aliphatic rings. The highest BCUT2D eigenvalue weighted by atomic mass is 35.5. The summed E-state index contributed by atoms with van der Waals surface area (Å²) in [6.07, 6.45) is 8.15. The molecular formula is C11H18ClN3S. The molecule has 1 aromatic rings. The van der Waals surface area contributed by atoms with Gasteiger partial charge >= 0.3 is 0 Å². The second kappa shape index (κ2) is 4.96. The molecule has 0 aromatic carbocycles. The van der Waals surface area contributed by atoms with E-state index in [-0.39, 0.29) is 0 Å². The summed E-state index contributed by atoms with van der Waals surface area (Å²) in [7, 11) is 0. The Hall–Kier alpha value is -0.220. The molecule has 0 bridgehead atoms. The van der Waals surface area contributed by atoms with E-state index in [1.54, 1.807) is 0 Å². The standard InChI is InChI=1S/C11H18ClN3S/c1-3-5-9-13-14-10(12)15(9)8-11(16-2)6-4-7-11/h3-8H2,1-2H3. The van der Waals surface area contributed by atoms with Gasteiger partial charge in [-0.05, 0) is 37.1 Å². The van der Waals surface area contributed by atoms with E-state index in [0.29, 0.717) is 10.0 Å². The molecule has 0 unspecified atom stereocenters. The van der Waals surface area contributed by atoms with Crippen molar-refractivity contribution in [1.82, 2.24) is 14.8 Å². The molecule has 0 saturated heterocycles. The van der Waals surface area contributed by atoms with E-state index in [4.69, 9.17) is 11.6 Å². The van der Waals surface area contributed by atoms with Gasteiger partial charge in [0, 0.05) is 17.7 Å². The molecule has 1 aromatic heterocycles. The van der Waals surface area contributed by atoms with E-state index in [0.717, 1.165) is 25.2 Å². The van der Waals surface area contributed by atoms with Crippen molar-refractivity contribution < 1.29 is 0 Å². The first kappa shape index (κ1) is 12.2. The molecule has 0 spiro atoms. The molecule has 0 amide bonds. The topological polar surface area (TPSA) is 30.7 Å². The van der Waals surface area contributed by atoms with Crippen molar-refractivity contribution in [2.24, 2.45) is 0 Å². The molecule has 1 fully saturated rings. The third-order valence-corrected chi connectivity index (χ3v) is 5.08. The monoisotopic (exact) mass is 259 g/mol. The van der Waals surface area contributed by atoms with Gasteiger partial charge in [0.1, 0.15) is 5.82 Å². The highest BCUT2D eigenvalue weighted by Gasteiger charge is 2.37. The van der Waals surface area contributed by atoms with Gasteiger partial charge in [0.05, 0.1) is 0 Å². The largest absolute Gasteiger partial charge is 0.300 e. The van der Waals surface area contributed by atoms with Crippen molar-refractivity contribution in [1.29, 1.82) is 0 Å². The first-order chi connectivity index (χ1) is 7.71. The highest BCUT2D eigenvalue weighted by molar-refractivity contribution is 8.00. The average molecular weight is 260 g/mol. The summed E-state index contributed by atoms with van der Waals surface area (Å²) in [6.45, 7) is 3.12. The summed E-state index contributed by atoms with van der Waals surface area (Å²) in [5.74, 6) is 1.04. The van der Waals surface area contributed by atoms with Crippen LogP contribution in [0.5, 0.6) is 0 Å². The van der Waals surface area contributed by atoms with E-state index < -0.39 is 0 Å². The lowest BCUT2D eigenvalue weighted by Gasteiger charge is -2.40. The second-order valence-corrected chi connectivity index (χ2v) is 6.07. The Labute approximate surface area is 106 Å². The number of hydrogen-bond acceptors (Lipinski definition) is 3. The summed E-state index contributed by atoms with van der Waals surface area (Å²) >= 11 is 8.06. The quantitative estimate of drug-likeness (QED) is 0.814. The van der Waals surface area contributed by atoms with Crippen LogP contribution in [-0.4, -0.2) is 25.8 Å². The molecule has 0 radical (unpaired) electrons. The minimum Gasteiger partial charge on any atom is -0.300 e. The van der Waals surface area contributed by atoms with Crippen molar-refractivity contribution in [3.8, 4) is 0 Å². The van der Waals surface area contributed by atoms with Crippen LogP contribution in [0.4, 0.5) is 0 Å². The summed E-state index contributed by atoms with van der Waals surface area (Å²) in [5.41, 5.74) is 0. The van der Waals surface area contributed by atoms with E-state index in [1.165, 1.54) is 19.3 Å². The first-order valence-corrected chi connectivity index (χ1v) is 7.44. The molecule has 2 rings (SSSR count). The lowest BCUT2D eigenvalue weighted by atomic mass is 9.84. The van der Waals surface area contributed by atoms with Gasteiger partial charge in [-0.2, -0.15) is 11.8 Å². The van der Waals surface area contributed by atoms with Crippen LogP contribution < -0.4 is 0 Å². The summed E-state index contributed by atoms with van der Waals surface area (Å²) in [4.78, 5) is 0. The van der Waals surface area contributed by atoms with Crippen molar-refractivity contribution in [2.75, 3.05) is 6.26 Å². The molecule has 3 nitrogen and oxygen atoms in total. The van der Waals surface area contributed by atoms with Gasteiger partial charge in [0.25, 0.3) is 0 Å². The van der Waals surface area contributed by atoms with Crippen LogP contribution in [0.3, 0.4) is 0 Å². The first-order valence-electron chi connectivity index (χ1n) is 5.83. The lowest BCUT2D eigenvalue weighted by molar-refractivity contribution is 0.318. The molecule has 0 atom stereocenters. The summed E-state index contributed by atoms with van der Waals surface area (Å²) in [6, 6.07) is 0. The predicted molar refractivity (Wildman–Crippen MR) is 69.1 cm³/mol. The lowest BCUT2D eigenvalue weighted by Crippen LogP contribution is -2.38. The normalized spacial score (nSPS) is 18.4. The number of aromatic nitrogens is 3. The molecule has 1 saturated carbocycles. The SMILES string of the molecule is CCCc1nnc(Cl)n1CC1(SC)CCC1. The van der Waals surface area contributed by atoms with E-state index in [1.807, 2.05) is 11.8 Å². The molecule has 0 N–H and O–H groups in total. The van der Waals surface area contributed by atoms with Crippen LogP contribution in [0, 0.1) is 0 Å². The fraction of sp³-hybridized carbons (Fsp3) is 0.818. The van der Waals surface area contributed by atoms with Gasteiger partial charge < -0.3 is 4.57 Å². The Bertz CT molecular complexity index is 355. The van der Waals surface area contributed by atoms with Crippen LogP contribution in [0.2, 0.25) is 5.28 Å². The average Bonchev–Trinajstić information content (AvgIpc) is 2.55. The minimum absolute atomic E-state index is 0.383. The van der Waals surface area contributed by atoms with Crippen LogP contribution in [0.1, 0.15) is 38.4 Å². The van der Waals surface area contributed by atoms with Crippen molar-refractivity contribution in [3.05, 3.63) is 11.1 Å². The Morgan fingerprint density at radius 2 is 2.19 bits per heavy atom. The number of nitrogens with zero attached hydrogens (tertiary/aromatic N) is 3. The van der Waals surface area contributed by atoms with Gasteiger partial charge in [-0.3, -0.25) is 0 Å². The third kappa shape index (κ3) is 2.23. The number of halogens is 1. The van der Waals surface area contributed by atoms with Crippen molar-refractivity contribution in [3.63, 3.8) is 0 Å². The van der Waals surface area contributed by atoms with E-state index >= 15 is 0 Å². The third-order valence-electron chi connectivity index (χ3n) is 3.40. The fourth-order valence-electron chi connectivity index (χ4n) is 2.16. The second-order valence-electron chi connectivity index (χ2n) is 4.46. The maximum atomic E-state index is 6.10. The fourth-order valence-corrected chi connectivity index (χ4v) is 3.31. The number of thioether (sulfide) groups is 1. The van der Waals surface area contributed by atoms with Crippen LogP contribution in [-0.2, 0) is 13.0 Å². The zero-order chi connectivity index (χ0) is 11.6. The van der Waals surface area contributed by atoms with Gasteiger partial charge in [-0.15, -0.1) is 10.2 Å². The molecule has 90 valence electrons. The Kier molecular flexibility index (Phi) is 3.80. The molecule has 1 heterocycles. The Morgan fingerprint density at radius 1 is 1.44 bits per heavy atom. The Balaban J connectivity index is 2.16. The number of hydrogen-bond donors (Lipinski definition) is 0. The van der Waals surface area contributed by atoms with Gasteiger partial charge in [-0.25, -0.2) is 0 Å². The minimum atomic E-state index is 0.383. The van der Waals surface area contributed by atoms with Crippen LogP contribution in [0.25, 0.3) is 0 Å². The smallest absolute Gasteiger partial charge is 0.225 e. The summed E-state index contributed by atoms with van der Waals surface area (Å²) < 4.78 is 2.48. The zero-order valence-corrected chi connectivity index (χ0v) is 11.4. The molecule has 1 aliphatic carbocycles. The zero-order valence-electron chi connectivity index (χ0n) is 9.87. The Morgan fingerprint density at radius 3 is 2.69 bits per heavy atom. The van der Waals surface area contributed by atoms with Crippen LogP contribution >= 0.6 is 23.4 Å². The van der Waals surface area contributed by atoms with Crippen LogP contribution in [0.15, 0.2) is 0 Å². The van der Waals surface area contributed by atoms with Crippen molar-refractivity contribution in [2.45, 2.75) is 50.3 Å². The number of aryl methyl sites for hydroxylation is 1. The predicted octanol–water partition coefficient (Wildman–Crippen LogP) is 3.17. The molecular weight excluding hydrogens is 242 g/mol. The number of rotatable bonds is 5. The summed E-state index contributed by atoms with van der Waals surface area (Å²) in [5, 5.41) is 8.68. The maximum absolute atomic E-state index is 6.10. The maximum Gasteiger partial charge on any atom is 0.225 e. The highest BCUT2D eigenvalue weighted by Crippen LogP contribution is 2.44. The van der Waals surface area contributed by atoms with Gasteiger partial charge in [-0.1, -0.05) is 13.3 Å². The molecule has 0 aliphatic heterocycles. The van der Waals surface area contributed by atoms with E-state index in [9.17, 15) is 0 Å². The van der Waals surface area contributed by atoms with Crippen molar-refractivity contribution >= 4 is 23.4 Å². The van der Waals surface area contributed by atoms with Gasteiger partial charge in [0.2, 0.25) is 5.28 Å². The molecule has 5 heteroatoms. The molecule has 16 heavy (non-hydrogen) atoms. The van der Waals surface area contributed by atoms with E-state index in [2.05, 4.69) is 27.9 Å². The van der Waals surface area contributed by atoms with Gasteiger partial charge in [0.15, 0.2) is 0 Å².